The summed E-state index contributed by atoms with van der Waals surface area (Å²) in [5.41, 5.74) is 8.30. The number of aromatic nitrogens is 1. The SMILES string of the molecule is Cc1ccc2c(C)c3c(c(C)c2c1)-c1c2c(cc4cc(CC(C)C)ccc4c2cc[n+]1C)S3. The highest BCUT2D eigenvalue weighted by Crippen LogP contribution is 2.52. The minimum Gasteiger partial charge on any atom is -0.200 e. The van der Waals surface area contributed by atoms with Crippen LogP contribution in [0.25, 0.3) is 43.6 Å². The predicted octanol–water partition coefficient (Wildman–Crippen LogP) is 8.23. The third kappa shape index (κ3) is 3.04. The monoisotopic (exact) mass is 448 g/mol. The number of fused-ring (bicyclic) bond motifs is 5. The molecule has 1 aliphatic heterocycles. The molecule has 1 aromatic heterocycles. The zero-order valence-corrected chi connectivity index (χ0v) is 21.2. The summed E-state index contributed by atoms with van der Waals surface area (Å²) in [6.45, 7) is 11.4. The van der Waals surface area contributed by atoms with Crippen molar-refractivity contribution in [3.05, 3.63) is 77.0 Å². The highest BCUT2D eigenvalue weighted by atomic mass is 32.2. The number of hydrogen-bond acceptors (Lipinski definition) is 1. The fourth-order valence-electron chi connectivity index (χ4n) is 5.73. The van der Waals surface area contributed by atoms with Crippen molar-refractivity contribution in [3.63, 3.8) is 0 Å². The molecule has 0 saturated carbocycles. The van der Waals surface area contributed by atoms with Gasteiger partial charge in [0.05, 0.1) is 10.9 Å². The predicted molar refractivity (Wildman–Crippen MR) is 142 cm³/mol. The molecule has 4 aromatic carbocycles. The lowest BCUT2D eigenvalue weighted by atomic mass is 9.89. The fraction of sp³-hybridized carbons (Fsp3) is 0.258. The molecule has 0 amide bonds. The summed E-state index contributed by atoms with van der Waals surface area (Å²) < 4.78 is 2.33. The molecule has 6 rings (SSSR count). The van der Waals surface area contributed by atoms with E-state index in [2.05, 4.69) is 101 Å². The Balaban J connectivity index is 1.74. The molecule has 0 fully saturated rings. The van der Waals surface area contributed by atoms with E-state index in [1.165, 1.54) is 75.6 Å². The van der Waals surface area contributed by atoms with E-state index in [1.54, 1.807) is 0 Å². The molecule has 0 spiro atoms. The van der Waals surface area contributed by atoms with Gasteiger partial charge in [0.15, 0.2) is 6.20 Å². The number of aryl methyl sites for hydroxylation is 4. The molecule has 2 heteroatoms. The van der Waals surface area contributed by atoms with E-state index in [-0.39, 0.29) is 0 Å². The Morgan fingerprint density at radius 1 is 0.818 bits per heavy atom. The second-order valence-corrected chi connectivity index (χ2v) is 11.2. The van der Waals surface area contributed by atoms with Crippen LogP contribution in [0.1, 0.15) is 36.1 Å². The molecule has 0 aliphatic carbocycles. The molecule has 0 radical (unpaired) electrons. The Labute approximate surface area is 200 Å². The van der Waals surface area contributed by atoms with Crippen LogP contribution < -0.4 is 4.57 Å². The zero-order valence-electron chi connectivity index (χ0n) is 20.3. The first-order valence-electron chi connectivity index (χ1n) is 11.9. The molecule has 2 heterocycles. The number of hydrogen-bond donors (Lipinski definition) is 0. The number of benzene rings is 4. The van der Waals surface area contributed by atoms with Crippen molar-refractivity contribution >= 4 is 44.1 Å². The van der Waals surface area contributed by atoms with Gasteiger partial charge in [-0.15, -0.1) is 0 Å². The average molecular weight is 449 g/mol. The maximum absolute atomic E-state index is 2.44. The first-order valence-corrected chi connectivity index (χ1v) is 12.7. The van der Waals surface area contributed by atoms with Crippen LogP contribution in [0, 0.1) is 26.7 Å². The summed E-state index contributed by atoms with van der Waals surface area (Å²) in [6.07, 6.45) is 3.37. The standard InChI is InChI=1S/C31H30NS/c1-17(2)13-21-8-10-24-22(15-21)16-27-29-25(24)11-12-32(6)30(29)28-19(4)26-14-18(3)7-9-23(26)20(5)31(28)33-27/h7-12,14-17H,13H2,1-6H3/q+1. The molecular formula is C31H30NS+. The van der Waals surface area contributed by atoms with Crippen LogP contribution in [0.15, 0.2) is 64.5 Å². The van der Waals surface area contributed by atoms with Crippen molar-refractivity contribution in [1.82, 2.24) is 0 Å². The summed E-state index contributed by atoms with van der Waals surface area (Å²) in [6, 6.07) is 18.7. The van der Waals surface area contributed by atoms with E-state index in [1.807, 2.05) is 11.8 Å². The van der Waals surface area contributed by atoms with Crippen LogP contribution in [-0.4, -0.2) is 0 Å². The number of nitrogens with zero attached hydrogens (tertiary/aromatic N) is 1. The van der Waals surface area contributed by atoms with Crippen molar-refractivity contribution in [2.75, 3.05) is 0 Å². The second-order valence-electron chi connectivity index (χ2n) is 10.2. The van der Waals surface area contributed by atoms with Gasteiger partial charge in [-0.3, -0.25) is 0 Å². The molecular weight excluding hydrogens is 418 g/mol. The molecule has 0 bridgehead atoms. The first-order chi connectivity index (χ1) is 15.8. The minimum atomic E-state index is 0.663. The van der Waals surface area contributed by atoms with Crippen LogP contribution in [-0.2, 0) is 13.5 Å². The van der Waals surface area contributed by atoms with Gasteiger partial charge in [-0.2, -0.15) is 0 Å². The van der Waals surface area contributed by atoms with Gasteiger partial charge in [0.25, 0.3) is 0 Å². The maximum atomic E-state index is 2.44. The maximum Gasteiger partial charge on any atom is 0.222 e. The van der Waals surface area contributed by atoms with E-state index < -0.39 is 0 Å². The normalized spacial score (nSPS) is 12.8. The summed E-state index contributed by atoms with van der Waals surface area (Å²) in [5, 5.41) is 8.24. The Morgan fingerprint density at radius 2 is 1.61 bits per heavy atom. The minimum absolute atomic E-state index is 0.663. The zero-order chi connectivity index (χ0) is 23.0. The Bertz CT molecular complexity index is 1620. The van der Waals surface area contributed by atoms with Crippen molar-refractivity contribution in [2.45, 2.75) is 50.8 Å². The van der Waals surface area contributed by atoms with Gasteiger partial charge < -0.3 is 0 Å². The average Bonchev–Trinajstić information content (AvgIpc) is 2.78. The first kappa shape index (κ1) is 20.7. The molecule has 164 valence electrons. The van der Waals surface area contributed by atoms with Gasteiger partial charge in [-0.05, 0) is 77.4 Å². The van der Waals surface area contributed by atoms with Gasteiger partial charge >= 0.3 is 0 Å². The van der Waals surface area contributed by atoms with Crippen LogP contribution in [0.4, 0.5) is 0 Å². The summed E-state index contributed by atoms with van der Waals surface area (Å²) >= 11 is 1.96. The highest BCUT2D eigenvalue weighted by Gasteiger charge is 2.31. The molecule has 0 atom stereocenters. The lowest BCUT2D eigenvalue weighted by Crippen LogP contribution is -2.32. The number of pyridine rings is 1. The van der Waals surface area contributed by atoms with E-state index in [4.69, 9.17) is 0 Å². The van der Waals surface area contributed by atoms with E-state index in [0.29, 0.717) is 5.92 Å². The van der Waals surface area contributed by atoms with Gasteiger partial charge in [-0.25, -0.2) is 4.57 Å². The van der Waals surface area contributed by atoms with Crippen molar-refractivity contribution < 1.29 is 4.57 Å². The van der Waals surface area contributed by atoms with Crippen LogP contribution in [0.5, 0.6) is 0 Å². The van der Waals surface area contributed by atoms with Gasteiger partial charge in [0.1, 0.15) is 7.05 Å². The van der Waals surface area contributed by atoms with E-state index in [0.717, 1.165) is 6.42 Å². The molecule has 0 N–H and O–H groups in total. The lowest BCUT2D eigenvalue weighted by molar-refractivity contribution is -0.659. The second kappa shape index (κ2) is 7.33. The Morgan fingerprint density at radius 3 is 2.39 bits per heavy atom. The van der Waals surface area contributed by atoms with Crippen molar-refractivity contribution in [1.29, 1.82) is 0 Å². The largest absolute Gasteiger partial charge is 0.222 e. The van der Waals surface area contributed by atoms with E-state index in [9.17, 15) is 0 Å². The lowest BCUT2D eigenvalue weighted by Gasteiger charge is -2.24. The molecule has 33 heavy (non-hydrogen) atoms. The van der Waals surface area contributed by atoms with E-state index >= 15 is 0 Å². The topological polar surface area (TPSA) is 3.88 Å². The van der Waals surface area contributed by atoms with Gasteiger partial charge in [-0.1, -0.05) is 67.6 Å². The summed E-state index contributed by atoms with van der Waals surface area (Å²) in [7, 11) is 2.20. The van der Waals surface area contributed by atoms with Crippen LogP contribution in [0.2, 0.25) is 0 Å². The molecule has 0 saturated heterocycles. The van der Waals surface area contributed by atoms with Gasteiger partial charge in [0.2, 0.25) is 5.69 Å². The molecule has 5 aromatic rings. The Hall–Kier alpha value is -2.84. The molecule has 0 unspecified atom stereocenters. The smallest absolute Gasteiger partial charge is 0.200 e. The third-order valence-electron chi connectivity index (χ3n) is 7.28. The van der Waals surface area contributed by atoms with Crippen molar-refractivity contribution in [3.8, 4) is 11.3 Å². The van der Waals surface area contributed by atoms with Gasteiger partial charge in [0, 0.05) is 21.2 Å². The third-order valence-corrected chi connectivity index (χ3v) is 8.54. The summed E-state index contributed by atoms with van der Waals surface area (Å²) in [5.74, 6) is 0.663. The summed E-state index contributed by atoms with van der Waals surface area (Å²) in [4.78, 5) is 2.80. The van der Waals surface area contributed by atoms with Crippen LogP contribution in [0.3, 0.4) is 0 Å². The number of rotatable bonds is 2. The Kier molecular flexibility index (Phi) is 4.61. The van der Waals surface area contributed by atoms with Crippen LogP contribution >= 0.6 is 11.8 Å². The fourth-order valence-corrected chi connectivity index (χ4v) is 7.05. The highest BCUT2D eigenvalue weighted by molar-refractivity contribution is 8.00. The van der Waals surface area contributed by atoms with Crippen molar-refractivity contribution in [2.24, 2.45) is 13.0 Å². The molecule has 1 nitrogen and oxygen atoms in total. The molecule has 1 aliphatic rings. The quantitative estimate of drug-likeness (QED) is 0.191.